The predicted molar refractivity (Wildman–Crippen MR) is 87.3 cm³/mol. The van der Waals surface area contributed by atoms with Gasteiger partial charge in [-0.15, -0.1) is 5.10 Å². The van der Waals surface area contributed by atoms with E-state index in [2.05, 4.69) is 15.6 Å². The van der Waals surface area contributed by atoms with Gasteiger partial charge in [-0.25, -0.2) is 4.68 Å². The van der Waals surface area contributed by atoms with Crippen molar-refractivity contribution in [3.05, 3.63) is 46.7 Å². The fourth-order valence-corrected chi connectivity index (χ4v) is 4.18. The van der Waals surface area contributed by atoms with Crippen LogP contribution >= 0.6 is 11.6 Å². The second-order valence-corrected chi connectivity index (χ2v) is 7.11. The Balaban J connectivity index is 1.50. The van der Waals surface area contributed by atoms with E-state index in [-0.39, 0.29) is 17.1 Å². The van der Waals surface area contributed by atoms with Gasteiger partial charge in [0.05, 0.1) is 6.54 Å². The van der Waals surface area contributed by atoms with Crippen molar-refractivity contribution in [2.75, 3.05) is 0 Å². The van der Waals surface area contributed by atoms with Crippen LogP contribution in [0.3, 0.4) is 0 Å². The molecule has 2 aliphatic carbocycles. The van der Waals surface area contributed by atoms with Gasteiger partial charge in [0, 0.05) is 5.54 Å². The molecule has 4 rings (SSSR count). The third kappa shape index (κ3) is 2.74. The molecule has 2 bridgehead atoms. The number of nitrogens with one attached hydrogen (secondary N) is 1. The molecule has 2 aliphatic rings. The molecule has 1 N–H and O–H groups in total. The first-order valence-electron chi connectivity index (χ1n) is 8.11. The second-order valence-electron chi connectivity index (χ2n) is 6.75. The third-order valence-electron chi connectivity index (χ3n) is 5.19. The van der Waals surface area contributed by atoms with Crippen LogP contribution in [0.5, 0.6) is 0 Å². The number of rotatable bonds is 4. The van der Waals surface area contributed by atoms with Crippen LogP contribution < -0.4 is 5.32 Å². The topological polar surface area (TPSA) is 59.8 Å². The maximum Gasteiger partial charge on any atom is 0.275 e. The fraction of sp³-hybridized carbons (Fsp3) is 0.471. The molecule has 6 heteroatoms. The number of amides is 1. The normalized spacial score (nSPS) is 25.7. The standard InChI is InChI=1S/C17H19ClN4O/c18-15-14(16(23)19-17-8-6-12(10-17)7-9-17)20-21-22(15)11-13-4-2-1-3-5-13/h1-5,12H,6-11H2,(H,19,23). The average molecular weight is 331 g/mol. The molecule has 2 fully saturated rings. The van der Waals surface area contributed by atoms with E-state index in [9.17, 15) is 4.79 Å². The minimum absolute atomic E-state index is 0.0334. The van der Waals surface area contributed by atoms with E-state index in [0.717, 1.165) is 30.7 Å². The van der Waals surface area contributed by atoms with E-state index in [1.54, 1.807) is 4.68 Å². The van der Waals surface area contributed by atoms with Gasteiger partial charge in [-0.3, -0.25) is 4.79 Å². The third-order valence-corrected chi connectivity index (χ3v) is 5.56. The summed E-state index contributed by atoms with van der Waals surface area (Å²) in [5.41, 5.74) is 1.26. The zero-order valence-electron chi connectivity index (χ0n) is 12.8. The van der Waals surface area contributed by atoms with Gasteiger partial charge in [0.2, 0.25) is 0 Å². The number of carbonyl (C=O) groups excluding carboxylic acids is 1. The molecule has 5 nitrogen and oxygen atoms in total. The van der Waals surface area contributed by atoms with Crippen LogP contribution in [-0.4, -0.2) is 26.4 Å². The Morgan fingerprint density at radius 1 is 1.30 bits per heavy atom. The van der Waals surface area contributed by atoms with E-state index in [4.69, 9.17) is 11.6 Å². The second kappa shape index (κ2) is 5.64. The van der Waals surface area contributed by atoms with Gasteiger partial charge in [-0.2, -0.15) is 0 Å². The summed E-state index contributed by atoms with van der Waals surface area (Å²) in [5.74, 6) is 0.580. The Morgan fingerprint density at radius 3 is 2.70 bits per heavy atom. The molecule has 0 atom stereocenters. The molecule has 2 aromatic rings. The number of halogens is 1. The number of hydrogen-bond donors (Lipinski definition) is 1. The van der Waals surface area contributed by atoms with Crippen molar-refractivity contribution < 1.29 is 4.79 Å². The van der Waals surface area contributed by atoms with Gasteiger partial charge >= 0.3 is 0 Å². The monoisotopic (exact) mass is 330 g/mol. The first kappa shape index (κ1) is 14.7. The summed E-state index contributed by atoms with van der Waals surface area (Å²) >= 11 is 6.33. The van der Waals surface area contributed by atoms with Crippen LogP contribution in [-0.2, 0) is 6.54 Å². The molecule has 1 aromatic heterocycles. The van der Waals surface area contributed by atoms with Gasteiger partial charge in [-0.1, -0.05) is 47.1 Å². The molecule has 1 amide bonds. The van der Waals surface area contributed by atoms with E-state index in [1.165, 1.54) is 12.8 Å². The molecule has 0 spiro atoms. The van der Waals surface area contributed by atoms with Crippen molar-refractivity contribution in [3.8, 4) is 0 Å². The minimum Gasteiger partial charge on any atom is -0.345 e. The smallest absolute Gasteiger partial charge is 0.275 e. The van der Waals surface area contributed by atoms with E-state index in [1.807, 2.05) is 30.3 Å². The van der Waals surface area contributed by atoms with Gasteiger partial charge in [0.25, 0.3) is 5.91 Å². The van der Waals surface area contributed by atoms with Crippen LogP contribution in [0.2, 0.25) is 5.15 Å². The number of aromatic nitrogens is 3. The Bertz CT molecular complexity index is 719. The number of nitrogens with zero attached hydrogens (tertiary/aromatic N) is 3. The number of carbonyl (C=O) groups is 1. The van der Waals surface area contributed by atoms with Gasteiger partial charge in [0.1, 0.15) is 0 Å². The van der Waals surface area contributed by atoms with Crippen LogP contribution in [0.15, 0.2) is 30.3 Å². The lowest BCUT2D eigenvalue weighted by Crippen LogP contribution is -2.45. The summed E-state index contributed by atoms with van der Waals surface area (Å²) < 4.78 is 1.57. The van der Waals surface area contributed by atoms with E-state index < -0.39 is 0 Å². The summed E-state index contributed by atoms with van der Waals surface area (Å²) in [6.45, 7) is 0.507. The number of benzene rings is 1. The van der Waals surface area contributed by atoms with Gasteiger partial charge in [-0.05, 0) is 43.6 Å². The molecule has 1 aromatic carbocycles. The lowest BCUT2D eigenvalue weighted by Gasteiger charge is -2.27. The first-order valence-corrected chi connectivity index (χ1v) is 8.48. The van der Waals surface area contributed by atoms with Crippen molar-refractivity contribution in [1.82, 2.24) is 20.3 Å². The van der Waals surface area contributed by atoms with Crippen molar-refractivity contribution in [1.29, 1.82) is 0 Å². The highest BCUT2D eigenvalue weighted by Crippen LogP contribution is 2.47. The Labute approximate surface area is 140 Å². The van der Waals surface area contributed by atoms with Crippen LogP contribution in [0.25, 0.3) is 0 Å². The SMILES string of the molecule is O=C(NC12CCC(CC1)C2)c1nnn(Cc2ccccc2)c1Cl. The zero-order valence-corrected chi connectivity index (χ0v) is 13.6. The van der Waals surface area contributed by atoms with Crippen LogP contribution in [0.1, 0.15) is 48.2 Å². The molecule has 0 radical (unpaired) electrons. The maximum absolute atomic E-state index is 12.6. The van der Waals surface area contributed by atoms with Crippen LogP contribution in [0, 0.1) is 5.92 Å². The van der Waals surface area contributed by atoms with Crippen molar-refractivity contribution >= 4 is 17.5 Å². The highest BCUT2D eigenvalue weighted by molar-refractivity contribution is 6.32. The van der Waals surface area contributed by atoms with Crippen molar-refractivity contribution in [3.63, 3.8) is 0 Å². The van der Waals surface area contributed by atoms with E-state index >= 15 is 0 Å². The molecule has 0 unspecified atom stereocenters. The van der Waals surface area contributed by atoms with Gasteiger partial charge in [0.15, 0.2) is 10.8 Å². The van der Waals surface area contributed by atoms with Crippen molar-refractivity contribution in [2.45, 2.75) is 44.2 Å². The number of hydrogen-bond acceptors (Lipinski definition) is 3. The lowest BCUT2D eigenvalue weighted by molar-refractivity contribution is 0.0896. The number of fused-ring (bicyclic) bond motifs is 2. The summed E-state index contributed by atoms with van der Waals surface area (Å²) in [4.78, 5) is 12.6. The molecule has 2 saturated carbocycles. The predicted octanol–water partition coefficient (Wildman–Crippen LogP) is 3.04. The van der Waals surface area contributed by atoms with Gasteiger partial charge < -0.3 is 5.32 Å². The Morgan fingerprint density at radius 2 is 2.04 bits per heavy atom. The van der Waals surface area contributed by atoms with Crippen LogP contribution in [0.4, 0.5) is 0 Å². The zero-order chi connectivity index (χ0) is 15.9. The summed E-state index contributed by atoms with van der Waals surface area (Å²) in [6.07, 6.45) is 5.66. The molecule has 0 aliphatic heterocycles. The molecule has 23 heavy (non-hydrogen) atoms. The molecular formula is C17H19ClN4O. The minimum atomic E-state index is -0.197. The first-order chi connectivity index (χ1) is 11.2. The molecule has 1 heterocycles. The summed E-state index contributed by atoms with van der Waals surface area (Å²) in [5, 5.41) is 11.5. The highest BCUT2D eigenvalue weighted by atomic mass is 35.5. The van der Waals surface area contributed by atoms with Crippen molar-refractivity contribution in [2.24, 2.45) is 5.92 Å². The average Bonchev–Trinajstić information content (AvgIpc) is 3.24. The quantitative estimate of drug-likeness (QED) is 0.937. The Hall–Kier alpha value is -1.88. The van der Waals surface area contributed by atoms with E-state index in [0.29, 0.717) is 11.7 Å². The summed E-state index contributed by atoms with van der Waals surface area (Å²) in [7, 11) is 0. The lowest BCUT2D eigenvalue weighted by atomic mass is 9.93. The Kier molecular flexibility index (Phi) is 3.60. The fourth-order valence-electron chi connectivity index (χ4n) is 3.97. The molecule has 120 valence electrons. The highest BCUT2D eigenvalue weighted by Gasteiger charge is 2.46. The molecule has 0 saturated heterocycles. The maximum atomic E-state index is 12.6. The largest absolute Gasteiger partial charge is 0.345 e. The molecular weight excluding hydrogens is 312 g/mol. The summed E-state index contributed by atoms with van der Waals surface area (Å²) in [6, 6.07) is 9.87.